The van der Waals surface area contributed by atoms with Crippen molar-refractivity contribution in [2.24, 2.45) is 0 Å². The lowest BCUT2D eigenvalue weighted by Crippen LogP contribution is -2.16. The van der Waals surface area contributed by atoms with E-state index in [0.717, 1.165) is 18.5 Å². The molecule has 0 spiro atoms. The third kappa shape index (κ3) is 3.97. The number of hydrogen-bond donors (Lipinski definition) is 2. The molecule has 0 aliphatic rings. The van der Waals surface area contributed by atoms with Crippen LogP contribution in [0.25, 0.3) is 4.96 Å². The molecule has 2 heterocycles. The van der Waals surface area contributed by atoms with E-state index in [1.165, 1.54) is 34.1 Å². The van der Waals surface area contributed by atoms with Crippen molar-refractivity contribution >= 4 is 33.0 Å². The Morgan fingerprint density at radius 3 is 2.96 bits per heavy atom. The maximum absolute atomic E-state index is 13.5. The van der Waals surface area contributed by atoms with Gasteiger partial charge in [-0.1, -0.05) is 42.3 Å². The number of aryl methyl sites for hydroxylation is 1. The molecule has 6 nitrogen and oxygen atoms in total. The summed E-state index contributed by atoms with van der Waals surface area (Å²) >= 11 is 6.85. The molecule has 0 fully saturated rings. The van der Waals surface area contributed by atoms with Crippen molar-refractivity contribution < 1.29 is 9.50 Å². The van der Waals surface area contributed by atoms with Crippen LogP contribution < -0.4 is 10.9 Å². The Morgan fingerprint density at radius 1 is 1.44 bits per heavy atom. The topological polar surface area (TPSA) is 79.5 Å². The van der Waals surface area contributed by atoms with Crippen molar-refractivity contribution in [3.8, 4) is 0 Å². The quantitative estimate of drug-likeness (QED) is 0.685. The maximum atomic E-state index is 13.5. The summed E-state index contributed by atoms with van der Waals surface area (Å²) in [5.41, 5.74) is 0.897. The molecule has 2 N–H and O–H groups in total. The Kier molecular flexibility index (Phi) is 5.31. The lowest BCUT2D eigenvalue weighted by molar-refractivity contribution is 0.191. The van der Waals surface area contributed by atoms with Crippen LogP contribution in [0.1, 0.15) is 30.7 Å². The number of aromatic nitrogens is 3. The Hall–Kier alpha value is -2.03. The summed E-state index contributed by atoms with van der Waals surface area (Å²) in [5.74, 6) is -0.586. The first-order chi connectivity index (χ1) is 12.0. The number of aliphatic hydroxyl groups excluding tert-OH is 1. The minimum atomic E-state index is -0.945. The Morgan fingerprint density at radius 2 is 2.24 bits per heavy atom. The van der Waals surface area contributed by atoms with Crippen LogP contribution in [0.5, 0.6) is 0 Å². The normalized spacial score (nSPS) is 12.5. The van der Waals surface area contributed by atoms with E-state index in [2.05, 4.69) is 15.4 Å². The number of hydrogen-bond acceptors (Lipinski definition) is 6. The monoisotopic (exact) mass is 382 g/mol. The van der Waals surface area contributed by atoms with Gasteiger partial charge in [-0.15, -0.1) is 5.10 Å². The second kappa shape index (κ2) is 7.47. The van der Waals surface area contributed by atoms with E-state index in [4.69, 9.17) is 11.6 Å². The molecule has 2 aromatic heterocycles. The molecule has 9 heteroatoms. The second-order valence-corrected chi connectivity index (χ2v) is 6.87. The number of nitrogens with zero attached hydrogens (tertiary/aromatic N) is 3. The number of halogens is 2. The van der Waals surface area contributed by atoms with Gasteiger partial charge in [-0.2, -0.15) is 4.52 Å². The largest absolute Gasteiger partial charge is 0.387 e. The predicted molar refractivity (Wildman–Crippen MR) is 96.0 cm³/mol. The third-order valence-corrected chi connectivity index (χ3v) is 4.75. The lowest BCUT2D eigenvalue weighted by atomic mass is 10.1. The van der Waals surface area contributed by atoms with Crippen molar-refractivity contribution in [2.75, 3.05) is 11.9 Å². The van der Waals surface area contributed by atoms with Gasteiger partial charge in [0.1, 0.15) is 5.82 Å². The van der Waals surface area contributed by atoms with Crippen LogP contribution in [0.15, 0.2) is 29.1 Å². The minimum Gasteiger partial charge on any atom is -0.387 e. The number of aliphatic hydroxyl groups is 1. The van der Waals surface area contributed by atoms with Crippen molar-refractivity contribution in [1.29, 1.82) is 0 Å². The van der Waals surface area contributed by atoms with Gasteiger partial charge in [-0.25, -0.2) is 9.37 Å². The van der Waals surface area contributed by atoms with E-state index < -0.39 is 11.9 Å². The summed E-state index contributed by atoms with van der Waals surface area (Å²) < 4.78 is 14.7. The number of anilines is 1. The minimum absolute atomic E-state index is 0.00316. The van der Waals surface area contributed by atoms with Crippen LogP contribution in [-0.2, 0) is 6.42 Å². The zero-order valence-corrected chi connectivity index (χ0v) is 14.9. The highest BCUT2D eigenvalue weighted by atomic mass is 35.5. The molecule has 25 heavy (non-hydrogen) atoms. The number of nitrogens with one attached hydrogen (secondary N) is 1. The van der Waals surface area contributed by atoms with Crippen molar-refractivity contribution in [3.05, 3.63) is 56.7 Å². The fourth-order valence-corrected chi connectivity index (χ4v) is 3.28. The highest BCUT2D eigenvalue weighted by molar-refractivity contribution is 7.20. The van der Waals surface area contributed by atoms with E-state index >= 15 is 0 Å². The number of fused-ring (bicyclic) bond motifs is 1. The average molecular weight is 383 g/mol. The first-order valence-corrected chi connectivity index (χ1v) is 8.94. The zero-order chi connectivity index (χ0) is 18.0. The third-order valence-electron chi connectivity index (χ3n) is 3.58. The van der Waals surface area contributed by atoms with Crippen LogP contribution >= 0.6 is 22.9 Å². The first kappa shape index (κ1) is 17.8. The van der Waals surface area contributed by atoms with Crippen molar-refractivity contribution in [3.63, 3.8) is 0 Å². The molecule has 0 aliphatic heterocycles. The van der Waals surface area contributed by atoms with Gasteiger partial charge in [0.25, 0.3) is 5.56 Å². The van der Waals surface area contributed by atoms with Gasteiger partial charge in [-0.3, -0.25) is 4.79 Å². The number of rotatable bonds is 6. The predicted octanol–water partition coefficient (Wildman–Crippen LogP) is 3.04. The van der Waals surface area contributed by atoms with E-state index in [1.807, 2.05) is 6.92 Å². The Bertz CT molecular complexity index is 959. The van der Waals surface area contributed by atoms with Gasteiger partial charge >= 0.3 is 0 Å². The summed E-state index contributed by atoms with van der Waals surface area (Å²) in [6, 6.07) is 5.62. The summed E-state index contributed by atoms with van der Waals surface area (Å²) in [6.45, 7) is 2.13. The molecule has 0 radical (unpaired) electrons. The molecular formula is C16H16ClFN4O2S. The van der Waals surface area contributed by atoms with Gasteiger partial charge in [0.05, 0.1) is 11.1 Å². The van der Waals surface area contributed by atoms with E-state index in [9.17, 15) is 14.3 Å². The molecular weight excluding hydrogens is 367 g/mol. The van der Waals surface area contributed by atoms with Crippen LogP contribution in [0.4, 0.5) is 9.52 Å². The molecule has 3 aromatic rings. The Balaban J connectivity index is 1.75. The fraction of sp³-hybridized carbons (Fsp3) is 0.312. The average Bonchev–Trinajstić information content (AvgIpc) is 2.99. The highest BCUT2D eigenvalue weighted by Crippen LogP contribution is 2.22. The summed E-state index contributed by atoms with van der Waals surface area (Å²) in [6.07, 6.45) is 0.683. The molecule has 0 saturated carbocycles. The molecule has 0 saturated heterocycles. The van der Waals surface area contributed by atoms with Gasteiger partial charge in [0.2, 0.25) is 10.1 Å². The summed E-state index contributed by atoms with van der Waals surface area (Å²) in [7, 11) is 0. The number of benzene rings is 1. The van der Waals surface area contributed by atoms with E-state index in [0.29, 0.717) is 15.7 Å². The highest BCUT2D eigenvalue weighted by Gasteiger charge is 2.13. The second-order valence-electron chi connectivity index (χ2n) is 5.51. The Labute approximate surface area is 151 Å². The fourth-order valence-electron chi connectivity index (χ4n) is 2.33. The smallest absolute Gasteiger partial charge is 0.275 e. The van der Waals surface area contributed by atoms with Crippen LogP contribution in [0, 0.1) is 5.82 Å². The maximum Gasteiger partial charge on any atom is 0.275 e. The van der Waals surface area contributed by atoms with Crippen molar-refractivity contribution in [1.82, 2.24) is 14.6 Å². The molecule has 1 aromatic carbocycles. The standard InChI is InChI=1S/C16H16ClFN4O2S/c1-2-3-10-7-14(24)22-16(20-10)25-15(21-22)19-8-13(23)9-4-5-11(17)12(18)6-9/h4-7,13,23H,2-3,8H2,1H3,(H,19,21). The molecule has 0 bridgehead atoms. The zero-order valence-electron chi connectivity index (χ0n) is 13.4. The van der Waals surface area contributed by atoms with E-state index in [1.54, 1.807) is 6.07 Å². The van der Waals surface area contributed by atoms with Crippen LogP contribution in [-0.4, -0.2) is 26.2 Å². The van der Waals surface area contributed by atoms with Gasteiger partial charge in [0.15, 0.2) is 0 Å². The summed E-state index contributed by atoms with van der Waals surface area (Å²) in [4.78, 5) is 16.9. The molecule has 0 aliphatic carbocycles. The lowest BCUT2D eigenvalue weighted by Gasteiger charge is -2.11. The summed E-state index contributed by atoms with van der Waals surface area (Å²) in [5, 5.41) is 17.7. The van der Waals surface area contributed by atoms with E-state index in [-0.39, 0.29) is 17.1 Å². The molecule has 1 unspecified atom stereocenters. The molecule has 132 valence electrons. The van der Waals surface area contributed by atoms with Crippen LogP contribution in [0.3, 0.4) is 0 Å². The molecule has 0 amide bonds. The first-order valence-electron chi connectivity index (χ1n) is 7.74. The van der Waals surface area contributed by atoms with Crippen LogP contribution in [0.2, 0.25) is 5.02 Å². The SMILES string of the molecule is CCCc1cc(=O)n2nc(NCC(O)c3ccc(Cl)c(F)c3)sc2n1. The molecule has 1 atom stereocenters. The van der Waals surface area contributed by atoms with Gasteiger partial charge in [0, 0.05) is 18.3 Å². The van der Waals surface area contributed by atoms with Gasteiger partial charge in [-0.05, 0) is 24.1 Å². The van der Waals surface area contributed by atoms with Gasteiger partial charge < -0.3 is 10.4 Å². The van der Waals surface area contributed by atoms with Crippen molar-refractivity contribution in [2.45, 2.75) is 25.9 Å². The molecule has 3 rings (SSSR count).